The van der Waals surface area contributed by atoms with E-state index in [1.165, 1.54) is 25.7 Å². The summed E-state index contributed by atoms with van der Waals surface area (Å²) in [5, 5.41) is 0.678. The highest BCUT2D eigenvalue weighted by Gasteiger charge is 2.14. The highest BCUT2D eigenvalue weighted by molar-refractivity contribution is 6.30. The summed E-state index contributed by atoms with van der Waals surface area (Å²) in [7, 11) is 0. The summed E-state index contributed by atoms with van der Waals surface area (Å²) in [6, 6.07) is 9.12. The molecule has 0 amide bonds. The summed E-state index contributed by atoms with van der Waals surface area (Å²) in [6.45, 7) is 5.82. The van der Waals surface area contributed by atoms with E-state index >= 15 is 0 Å². The zero-order valence-corrected chi connectivity index (χ0v) is 19.5. The maximum absolute atomic E-state index is 12.8. The van der Waals surface area contributed by atoms with Gasteiger partial charge < -0.3 is 4.74 Å². The Bertz CT molecular complexity index is 1010. The van der Waals surface area contributed by atoms with Gasteiger partial charge in [-0.05, 0) is 25.0 Å². The van der Waals surface area contributed by atoms with Crippen molar-refractivity contribution in [1.29, 1.82) is 0 Å². The van der Waals surface area contributed by atoms with Gasteiger partial charge in [0.2, 0.25) is 11.7 Å². The zero-order valence-electron chi connectivity index (χ0n) is 18.8. The smallest absolute Gasteiger partial charge is 0.262 e. The first-order valence-corrected chi connectivity index (χ1v) is 12.0. The van der Waals surface area contributed by atoms with Crippen LogP contribution in [0.5, 0.6) is 5.88 Å². The summed E-state index contributed by atoms with van der Waals surface area (Å²) in [6.07, 6.45) is 12.3. The number of nitrogens with zero attached hydrogens (tertiary/aromatic N) is 3. The van der Waals surface area contributed by atoms with E-state index < -0.39 is 0 Å². The first-order chi connectivity index (χ1) is 15.1. The minimum absolute atomic E-state index is 0.118. The Morgan fingerprint density at radius 3 is 2.35 bits per heavy atom. The second kappa shape index (κ2) is 11.9. The first kappa shape index (κ1) is 23.4. The minimum Gasteiger partial charge on any atom is -0.479 e. The van der Waals surface area contributed by atoms with E-state index in [1.54, 1.807) is 16.7 Å². The Morgan fingerprint density at radius 1 is 0.935 bits per heavy atom. The number of halogens is 1. The molecule has 0 saturated heterocycles. The lowest BCUT2D eigenvalue weighted by atomic mass is 10.1. The van der Waals surface area contributed by atoms with Crippen LogP contribution in [-0.2, 0) is 6.54 Å². The number of benzene rings is 1. The predicted octanol–water partition coefficient (Wildman–Crippen LogP) is 6.75. The normalized spacial score (nSPS) is 11.3. The SMILES string of the molecule is CCCCCCCCOc1cc(=O)n2cc(-c3ccc(Cl)cc3)nc2n1CCCCC. The number of hydrogen-bond acceptors (Lipinski definition) is 3. The molecule has 1 aromatic carbocycles. The van der Waals surface area contributed by atoms with Gasteiger partial charge in [-0.1, -0.05) is 82.5 Å². The van der Waals surface area contributed by atoms with Crippen molar-refractivity contribution >= 4 is 17.4 Å². The number of hydrogen-bond donors (Lipinski definition) is 0. The Balaban J connectivity index is 1.83. The molecule has 0 bridgehead atoms. The molecule has 2 aromatic heterocycles. The van der Waals surface area contributed by atoms with Crippen molar-refractivity contribution in [3.8, 4) is 17.1 Å². The maximum Gasteiger partial charge on any atom is 0.262 e. The van der Waals surface area contributed by atoms with Crippen LogP contribution in [0.1, 0.15) is 71.6 Å². The second-order valence-electron chi connectivity index (χ2n) is 8.10. The van der Waals surface area contributed by atoms with Crippen LogP contribution in [-0.4, -0.2) is 20.6 Å². The van der Waals surface area contributed by atoms with Crippen molar-refractivity contribution in [2.24, 2.45) is 0 Å². The Morgan fingerprint density at radius 2 is 1.61 bits per heavy atom. The molecule has 0 saturated carbocycles. The third-order valence-electron chi connectivity index (χ3n) is 5.55. The quantitative estimate of drug-likeness (QED) is 0.274. The van der Waals surface area contributed by atoms with Crippen molar-refractivity contribution in [2.45, 2.75) is 78.2 Å². The van der Waals surface area contributed by atoms with Crippen LogP contribution in [0.15, 0.2) is 41.3 Å². The average molecular weight is 444 g/mol. The number of ether oxygens (including phenoxy) is 1. The van der Waals surface area contributed by atoms with Gasteiger partial charge >= 0.3 is 0 Å². The first-order valence-electron chi connectivity index (χ1n) is 11.7. The van der Waals surface area contributed by atoms with Crippen LogP contribution >= 0.6 is 11.6 Å². The van der Waals surface area contributed by atoms with Gasteiger partial charge in [-0.2, -0.15) is 0 Å². The molecule has 0 N–H and O–H groups in total. The molecule has 168 valence electrons. The summed E-state index contributed by atoms with van der Waals surface area (Å²) >= 11 is 6.02. The molecular formula is C25H34ClN3O2. The van der Waals surface area contributed by atoms with Crippen LogP contribution in [0.3, 0.4) is 0 Å². The lowest BCUT2D eigenvalue weighted by Gasteiger charge is -2.15. The van der Waals surface area contributed by atoms with Crippen molar-refractivity contribution < 1.29 is 4.74 Å². The molecule has 0 radical (unpaired) electrons. The van der Waals surface area contributed by atoms with Gasteiger partial charge in [-0.25, -0.2) is 4.98 Å². The van der Waals surface area contributed by atoms with Crippen molar-refractivity contribution in [1.82, 2.24) is 14.0 Å². The van der Waals surface area contributed by atoms with Crippen LogP contribution in [0.25, 0.3) is 17.0 Å². The molecule has 5 nitrogen and oxygen atoms in total. The summed E-state index contributed by atoms with van der Waals surface area (Å²) in [5.74, 6) is 1.25. The number of aryl methyl sites for hydroxylation is 1. The Kier molecular flexibility index (Phi) is 9.01. The summed E-state index contributed by atoms with van der Waals surface area (Å²) < 4.78 is 9.75. The van der Waals surface area contributed by atoms with E-state index in [9.17, 15) is 4.79 Å². The van der Waals surface area contributed by atoms with E-state index in [0.717, 1.165) is 49.9 Å². The van der Waals surface area contributed by atoms with Gasteiger partial charge in [0.15, 0.2) is 0 Å². The molecule has 0 atom stereocenters. The van der Waals surface area contributed by atoms with Gasteiger partial charge in [0.1, 0.15) is 0 Å². The summed E-state index contributed by atoms with van der Waals surface area (Å²) in [4.78, 5) is 17.6. The van der Waals surface area contributed by atoms with Crippen molar-refractivity contribution in [3.05, 3.63) is 51.9 Å². The lowest BCUT2D eigenvalue weighted by Crippen LogP contribution is -2.19. The van der Waals surface area contributed by atoms with E-state index in [1.807, 2.05) is 28.8 Å². The van der Waals surface area contributed by atoms with Crippen LogP contribution in [0.2, 0.25) is 5.02 Å². The standard InChI is InChI=1S/C25H34ClN3O2/c1-3-5-7-8-9-11-17-31-24-18-23(30)29-19-22(20-12-14-21(26)15-13-20)27-25(29)28(24)16-10-6-4-2/h12-15,18-19H,3-11,16-17H2,1-2H3. The highest BCUT2D eigenvalue weighted by atomic mass is 35.5. The Labute approximate surface area is 190 Å². The highest BCUT2D eigenvalue weighted by Crippen LogP contribution is 2.23. The average Bonchev–Trinajstić information content (AvgIpc) is 3.21. The van der Waals surface area contributed by atoms with E-state index in [4.69, 9.17) is 21.3 Å². The molecule has 2 heterocycles. The molecule has 3 rings (SSSR count). The number of aromatic nitrogens is 3. The van der Waals surface area contributed by atoms with Crippen LogP contribution < -0.4 is 10.3 Å². The van der Waals surface area contributed by atoms with Crippen molar-refractivity contribution in [3.63, 3.8) is 0 Å². The fraction of sp³-hybridized carbons (Fsp3) is 0.520. The molecule has 0 aliphatic rings. The van der Waals surface area contributed by atoms with E-state index in [-0.39, 0.29) is 5.56 Å². The topological polar surface area (TPSA) is 48.5 Å². The lowest BCUT2D eigenvalue weighted by molar-refractivity contribution is 0.276. The van der Waals surface area contributed by atoms with Gasteiger partial charge in [0.05, 0.1) is 18.4 Å². The number of unbranched alkanes of at least 4 members (excludes halogenated alkanes) is 7. The second-order valence-corrected chi connectivity index (χ2v) is 8.54. The fourth-order valence-corrected chi connectivity index (χ4v) is 3.87. The molecule has 0 aliphatic heterocycles. The molecule has 31 heavy (non-hydrogen) atoms. The van der Waals surface area contributed by atoms with Gasteiger partial charge in [0.25, 0.3) is 5.56 Å². The maximum atomic E-state index is 12.8. The third kappa shape index (κ3) is 6.36. The van der Waals surface area contributed by atoms with Gasteiger partial charge in [0, 0.05) is 23.3 Å². The monoisotopic (exact) mass is 443 g/mol. The van der Waals surface area contributed by atoms with Gasteiger partial charge in [-0.15, -0.1) is 0 Å². The Hall–Kier alpha value is -2.27. The molecule has 0 unspecified atom stereocenters. The van der Waals surface area contributed by atoms with Crippen LogP contribution in [0, 0.1) is 0 Å². The molecular weight excluding hydrogens is 410 g/mol. The fourth-order valence-electron chi connectivity index (χ4n) is 3.74. The number of rotatable bonds is 13. The van der Waals surface area contributed by atoms with E-state index in [0.29, 0.717) is 23.3 Å². The molecule has 3 aromatic rings. The third-order valence-corrected chi connectivity index (χ3v) is 5.80. The molecule has 0 spiro atoms. The van der Waals surface area contributed by atoms with Crippen molar-refractivity contribution in [2.75, 3.05) is 6.61 Å². The largest absolute Gasteiger partial charge is 0.479 e. The summed E-state index contributed by atoms with van der Waals surface area (Å²) in [5.41, 5.74) is 1.57. The number of fused-ring (bicyclic) bond motifs is 1. The zero-order chi connectivity index (χ0) is 22.1. The minimum atomic E-state index is -0.118. The molecule has 6 heteroatoms. The van der Waals surface area contributed by atoms with E-state index in [2.05, 4.69) is 13.8 Å². The number of imidazole rings is 1. The molecule has 0 fully saturated rings. The molecule has 0 aliphatic carbocycles. The van der Waals surface area contributed by atoms with Crippen LogP contribution in [0.4, 0.5) is 0 Å². The van der Waals surface area contributed by atoms with Gasteiger partial charge in [-0.3, -0.25) is 13.8 Å². The predicted molar refractivity (Wildman–Crippen MR) is 128 cm³/mol.